The zero-order valence-corrected chi connectivity index (χ0v) is 39.0. The van der Waals surface area contributed by atoms with Crippen LogP contribution in [-0.4, -0.2) is 123 Å². The normalized spacial score (nSPS) is 18.6. The number of alkyl halides is 1. The lowest BCUT2D eigenvalue weighted by atomic mass is 9.85. The molecule has 2 aliphatic heterocycles. The maximum atomic E-state index is 14.6. The van der Waals surface area contributed by atoms with Gasteiger partial charge in [0.2, 0.25) is 11.8 Å². The lowest BCUT2D eigenvalue weighted by molar-refractivity contribution is -0.145. The molecular formula is C49H58FN9O7S. The van der Waals surface area contributed by atoms with Gasteiger partial charge in [0.1, 0.15) is 42.5 Å². The molecule has 2 saturated heterocycles. The summed E-state index contributed by atoms with van der Waals surface area (Å²) in [6.45, 7) is 11.6. The maximum absolute atomic E-state index is 14.6. The minimum atomic E-state index is -1.98. The Bertz CT molecular complexity index is 2580. The van der Waals surface area contributed by atoms with Gasteiger partial charge < -0.3 is 45.9 Å². The van der Waals surface area contributed by atoms with E-state index in [2.05, 4.69) is 47.7 Å². The fourth-order valence-electron chi connectivity index (χ4n) is 8.45. The number of rotatable bonds is 16. The summed E-state index contributed by atoms with van der Waals surface area (Å²) in [7, 11) is 0. The highest BCUT2D eigenvalue weighted by Gasteiger charge is 2.53. The molecule has 16 nitrogen and oxygen atoms in total. The Balaban J connectivity index is 0.848. The number of nitrogens with zero attached hydrogens (tertiary/aromatic N) is 6. The van der Waals surface area contributed by atoms with E-state index >= 15 is 0 Å². The highest BCUT2D eigenvalue weighted by Crippen LogP contribution is 2.41. The molecule has 3 aliphatic rings. The summed E-state index contributed by atoms with van der Waals surface area (Å²) in [4.78, 5) is 51.7. The van der Waals surface area contributed by atoms with Crippen LogP contribution < -0.4 is 30.7 Å². The number of aromatic nitrogens is 3. The Morgan fingerprint density at radius 1 is 0.985 bits per heavy atom. The van der Waals surface area contributed by atoms with Gasteiger partial charge in [-0.15, -0.1) is 21.5 Å². The molecular weight excluding hydrogens is 878 g/mol. The molecule has 18 heteroatoms. The number of hydrogen-bond donors (Lipinski definition) is 5. The summed E-state index contributed by atoms with van der Waals surface area (Å²) in [5.41, 5.74) is 10.9. The van der Waals surface area contributed by atoms with Crippen molar-refractivity contribution in [1.29, 1.82) is 0 Å². The summed E-state index contributed by atoms with van der Waals surface area (Å²) >= 11 is 1.51. The number of thiazole rings is 1. The third-order valence-electron chi connectivity index (χ3n) is 12.5. The number of piperazine rings is 1. The average molecular weight is 936 g/mol. The topological polar surface area (TPSA) is 209 Å². The first-order valence-electron chi connectivity index (χ1n) is 22.6. The van der Waals surface area contributed by atoms with Crippen LogP contribution in [0.2, 0.25) is 0 Å². The van der Waals surface area contributed by atoms with E-state index in [-0.39, 0.29) is 51.3 Å². The molecule has 67 heavy (non-hydrogen) atoms. The smallest absolute Gasteiger partial charge is 0.258 e. The molecule has 1 aliphatic carbocycles. The second-order valence-electron chi connectivity index (χ2n) is 18.6. The molecule has 6 N–H and O–H groups in total. The number of nitrogens with one attached hydrogen (secondary N) is 2. The largest absolute Gasteiger partial charge is 0.507 e. The quantitative estimate of drug-likeness (QED) is 0.0802. The second kappa shape index (κ2) is 19.8. The number of aryl methyl sites for hydroxylation is 1. The molecule has 0 radical (unpaired) electrons. The van der Waals surface area contributed by atoms with E-state index < -0.39 is 47.0 Å². The van der Waals surface area contributed by atoms with Gasteiger partial charge >= 0.3 is 0 Å². The van der Waals surface area contributed by atoms with Crippen molar-refractivity contribution in [3.8, 4) is 38.9 Å². The van der Waals surface area contributed by atoms with Gasteiger partial charge in [0.25, 0.3) is 5.91 Å². The second-order valence-corrected chi connectivity index (χ2v) is 19.4. The van der Waals surface area contributed by atoms with Gasteiger partial charge in [-0.2, -0.15) is 0 Å². The van der Waals surface area contributed by atoms with Crippen molar-refractivity contribution in [2.24, 2.45) is 5.41 Å². The first-order chi connectivity index (χ1) is 32.1. The van der Waals surface area contributed by atoms with Crippen molar-refractivity contribution in [2.75, 3.05) is 56.6 Å². The summed E-state index contributed by atoms with van der Waals surface area (Å²) in [5.74, 6) is -0.123. The van der Waals surface area contributed by atoms with Crippen molar-refractivity contribution < 1.29 is 38.5 Å². The molecule has 3 fully saturated rings. The van der Waals surface area contributed by atoms with Crippen LogP contribution in [0.3, 0.4) is 0 Å². The summed E-state index contributed by atoms with van der Waals surface area (Å²) < 4.78 is 27.0. The zero-order valence-electron chi connectivity index (χ0n) is 38.2. The van der Waals surface area contributed by atoms with Crippen molar-refractivity contribution >= 4 is 40.6 Å². The van der Waals surface area contributed by atoms with E-state index in [4.69, 9.17) is 15.2 Å². The molecule has 3 atom stereocenters. The highest BCUT2D eigenvalue weighted by molar-refractivity contribution is 7.13. The number of carbonyl (C=O) groups excluding carboxylic acids is 3. The summed E-state index contributed by atoms with van der Waals surface area (Å²) in [5, 5.41) is 34.9. The van der Waals surface area contributed by atoms with Gasteiger partial charge in [-0.05, 0) is 72.7 Å². The van der Waals surface area contributed by atoms with Crippen LogP contribution in [-0.2, 0) is 27.5 Å². The van der Waals surface area contributed by atoms with Crippen LogP contribution >= 0.6 is 11.3 Å². The van der Waals surface area contributed by atoms with E-state index in [1.54, 1.807) is 44.5 Å². The molecule has 354 valence electrons. The van der Waals surface area contributed by atoms with Crippen molar-refractivity contribution in [3.05, 3.63) is 95.1 Å². The number of carbonyl (C=O) groups is 3. The first-order valence-corrected chi connectivity index (χ1v) is 23.5. The molecule has 0 bridgehead atoms. The molecule has 2 aromatic heterocycles. The van der Waals surface area contributed by atoms with Crippen molar-refractivity contribution in [1.82, 2.24) is 35.6 Å². The van der Waals surface area contributed by atoms with E-state index in [0.717, 1.165) is 60.1 Å². The number of likely N-dealkylation sites (tertiary alicyclic amines) is 1. The molecule has 3 amide bonds. The molecule has 5 aromatic rings. The monoisotopic (exact) mass is 935 g/mol. The third kappa shape index (κ3) is 11.1. The molecule has 0 unspecified atom stereocenters. The molecule has 3 aromatic carbocycles. The maximum Gasteiger partial charge on any atom is 0.258 e. The van der Waals surface area contributed by atoms with Gasteiger partial charge in [0, 0.05) is 63.4 Å². The Hall–Kier alpha value is -6.37. The van der Waals surface area contributed by atoms with Gasteiger partial charge in [0.15, 0.2) is 11.5 Å². The highest BCUT2D eigenvalue weighted by atomic mass is 32.1. The van der Waals surface area contributed by atoms with Gasteiger partial charge in [-0.25, -0.2) is 9.37 Å². The number of aliphatic hydroxyl groups is 1. The minimum absolute atomic E-state index is 0.0170. The number of benzene rings is 3. The van der Waals surface area contributed by atoms with Crippen LogP contribution in [0.25, 0.3) is 21.7 Å². The Morgan fingerprint density at radius 3 is 2.40 bits per heavy atom. The van der Waals surface area contributed by atoms with Gasteiger partial charge in [-0.3, -0.25) is 19.3 Å². The number of para-hydroxylation sites is 1. The minimum Gasteiger partial charge on any atom is -0.507 e. The number of ether oxygens (including phenoxy) is 2. The lowest BCUT2D eigenvalue weighted by Gasteiger charge is -2.36. The fourth-order valence-corrected chi connectivity index (χ4v) is 9.25. The van der Waals surface area contributed by atoms with Gasteiger partial charge in [-0.1, -0.05) is 57.2 Å². The summed E-state index contributed by atoms with van der Waals surface area (Å²) in [6, 6.07) is 20.6. The van der Waals surface area contributed by atoms with Crippen LogP contribution in [0.1, 0.15) is 56.9 Å². The van der Waals surface area contributed by atoms with E-state index in [0.29, 0.717) is 34.1 Å². The SMILES string of the molecule is Cc1ncsc1-c1ccc(CNC(=O)[C@@H]2C[C@@H](O)CN2C(=O)[C@@H](NC(=O)C2(F)CC2)C(C)(C)C)c(OCCOc2ccc(CN3CCN(c4cc(-c5ccccc5O)nnc4N)CC3)cc2)c1. The summed E-state index contributed by atoms with van der Waals surface area (Å²) in [6.07, 6.45) is -0.724. The first kappa shape index (κ1) is 47.1. The fraction of sp³-hybridized carbons (Fsp3) is 0.429. The zero-order chi connectivity index (χ0) is 47.5. The van der Waals surface area contributed by atoms with E-state index in [9.17, 15) is 29.0 Å². The van der Waals surface area contributed by atoms with Crippen molar-refractivity contribution in [2.45, 2.75) is 83.9 Å². The predicted octanol–water partition coefficient (Wildman–Crippen LogP) is 5.25. The van der Waals surface area contributed by atoms with Crippen LogP contribution in [0, 0.1) is 12.3 Å². The number of nitrogens with two attached hydrogens (primary N) is 1. The number of aromatic hydroxyl groups is 1. The molecule has 8 rings (SSSR count). The Kier molecular flexibility index (Phi) is 14.0. The number of amides is 3. The number of phenolic OH excluding ortho intramolecular Hbond substituents is 1. The van der Waals surface area contributed by atoms with Crippen LogP contribution in [0.5, 0.6) is 17.2 Å². The number of nitrogen functional groups attached to an aromatic ring is 1. The van der Waals surface area contributed by atoms with Crippen LogP contribution in [0.4, 0.5) is 15.9 Å². The number of β-amino-alcohol motifs (C(OH)–C–C–N with tert-alkyl or cyclic N) is 1. The lowest BCUT2D eigenvalue weighted by Crippen LogP contribution is -2.59. The number of aliphatic hydroxyl groups excluding tert-OH is 1. The van der Waals surface area contributed by atoms with E-state index in [1.165, 1.54) is 16.2 Å². The number of hydrogen-bond acceptors (Lipinski definition) is 14. The van der Waals surface area contributed by atoms with Gasteiger partial charge in [0.05, 0.1) is 33.6 Å². The Labute approximate surface area is 393 Å². The molecule has 0 spiro atoms. The van der Waals surface area contributed by atoms with E-state index in [1.807, 2.05) is 49.4 Å². The number of anilines is 2. The predicted molar refractivity (Wildman–Crippen MR) is 253 cm³/mol. The molecule has 1 saturated carbocycles. The average Bonchev–Trinajstić information content (AvgIpc) is 3.72. The number of phenols is 1. The Morgan fingerprint density at radius 2 is 1.72 bits per heavy atom. The third-order valence-corrected chi connectivity index (χ3v) is 13.5. The van der Waals surface area contributed by atoms with Crippen LogP contribution in [0.15, 0.2) is 78.3 Å². The van der Waals surface area contributed by atoms with Crippen molar-refractivity contribution in [3.63, 3.8) is 0 Å². The standard InChI is InChI=1S/C49H58FN9O7S/c1-30-42(67-29-53-30)32-11-12-33(26-52-45(62)39-24-34(60)28-59(39)46(63)43(48(2,3)4)54-47(64)49(50)15-16-49)41(23-32)66-22-21-65-35-13-9-31(10-14-35)27-57-17-19-58(20-18-57)38-25-37(55-56-44(38)51)36-7-5-6-8-40(36)61/h5-14,23,25,29,34,39,43,60-61H,15-22,24,26-28H2,1-4H3,(H2,51,56)(H,52,62)(H,54,64)/t34-,39+,43-/m1/s1. The number of halogens is 1. The molecule has 4 heterocycles.